The molecule has 196 valence electrons. The molecule has 1 aliphatic rings. The molecule has 0 radical (unpaired) electrons. The van der Waals surface area contributed by atoms with Gasteiger partial charge in [0.25, 0.3) is 5.91 Å². The molecule has 3 atom stereocenters. The summed E-state index contributed by atoms with van der Waals surface area (Å²) in [7, 11) is 3.44. The number of likely N-dealkylation sites (N-methyl/N-ethyl adjacent to an activating group) is 1. The van der Waals surface area contributed by atoms with Crippen LogP contribution < -0.4 is 15.4 Å². The van der Waals surface area contributed by atoms with E-state index in [1.54, 1.807) is 37.3 Å². The molecule has 0 fully saturated rings. The number of anilines is 1. The highest BCUT2D eigenvalue weighted by molar-refractivity contribution is 5.99. The molecule has 2 N–H and O–H groups in total. The van der Waals surface area contributed by atoms with Crippen molar-refractivity contribution >= 4 is 17.6 Å². The van der Waals surface area contributed by atoms with Gasteiger partial charge in [-0.25, -0.2) is 14.8 Å². The molecule has 1 aromatic heterocycles. The minimum absolute atomic E-state index is 0.0443. The first-order valence-electron chi connectivity index (χ1n) is 12.4. The number of nitrogens with one attached hydrogen (secondary N) is 2. The fourth-order valence-corrected chi connectivity index (χ4v) is 4.21. The number of nitrogens with zero attached hydrogens (tertiary/aromatic N) is 4. The Kier molecular flexibility index (Phi) is 10.0. The molecule has 2 aromatic rings. The molecule has 2 heterocycles. The summed E-state index contributed by atoms with van der Waals surface area (Å²) in [5.41, 5.74) is 1.93. The fraction of sp³-hybridized carbons (Fsp3) is 0.538. The Balaban J connectivity index is 1.89. The predicted molar refractivity (Wildman–Crippen MR) is 138 cm³/mol. The van der Waals surface area contributed by atoms with Gasteiger partial charge in [-0.15, -0.1) is 0 Å². The Morgan fingerprint density at radius 2 is 1.97 bits per heavy atom. The zero-order chi connectivity index (χ0) is 26.1. The van der Waals surface area contributed by atoms with Gasteiger partial charge in [0.05, 0.1) is 11.7 Å². The monoisotopic (exact) mass is 498 g/mol. The summed E-state index contributed by atoms with van der Waals surface area (Å²) >= 11 is 0. The van der Waals surface area contributed by atoms with E-state index in [4.69, 9.17) is 9.47 Å². The van der Waals surface area contributed by atoms with E-state index in [2.05, 4.69) is 39.3 Å². The Labute approximate surface area is 213 Å². The molecule has 36 heavy (non-hydrogen) atoms. The van der Waals surface area contributed by atoms with Crippen molar-refractivity contribution in [1.82, 2.24) is 25.1 Å². The van der Waals surface area contributed by atoms with Gasteiger partial charge in [-0.3, -0.25) is 9.69 Å². The van der Waals surface area contributed by atoms with Crippen molar-refractivity contribution in [2.24, 2.45) is 5.92 Å². The molecule has 0 bridgehead atoms. The van der Waals surface area contributed by atoms with Gasteiger partial charge in [-0.05, 0) is 37.5 Å². The van der Waals surface area contributed by atoms with Gasteiger partial charge < -0.3 is 25.0 Å². The Morgan fingerprint density at radius 3 is 2.67 bits per heavy atom. The van der Waals surface area contributed by atoms with Crippen molar-refractivity contribution in [2.45, 2.75) is 45.9 Å². The van der Waals surface area contributed by atoms with Crippen LogP contribution >= 0.6 is 0 Å². The number of aromatic nitrogens is 2. The number of urea groups is 1. The van der Waals surface area contributed by atoms with Gasteiger partial charge in [0.1, 0.15) is 18.7 Å². The highest BCUT2D eigenvalue weighted by Crippen LogP contribution is 2.26. The Morgan fingerprint density at radius 1 is 1.22 bits per heavy atom. The molecular weight excluding hydrogens is 460 g/mol. The van der Waals surface area contributed by atoms with Crippen molar-refractivity contribution in [3.05, 3.63) is 48.0 Å². The molecule has 0 spiro atoms. The van der Waals surface area contributed by atoms with E-state index in [1.807, 2.05) is 19.3 Å². The minimum atomic E-state index is -0.311. The molecule has 0 unspecified atom stereocenters. The van der Waals surface area contributed by atoms with Gasteiger partial charge in [0.15, 0.2) is 0 Å². The average Bonchev–Trinajstić information content (AvgIpc) is 2.88. The maximum atomic E-state index is 13.5. The first kappa shape index (κ1) is 27.3. The zero-order valence-electron chi connectivity index (χ0n) is 21.9. The number of carbonyl (C=O) groups is 2. The summed E-state index contributed by atoms with van der Waals surface area (Å²) in [4.78, 5) is 37.9. The summed E-state index contributed by atoms with van der Waals surface area (Å²) in [5.74, 6) is 0.429. The van der Waals surface area contributed by atoms with Gasteiger partial charge in [-0.2, -0.15) is 0 Å². The van der Waals surface area contributed by atoms with Gasteiger partial charge >= 0.3 is 6.03 Å². The first-order valence-corrected chi connectivity index (χ1v) is 12.4. The molecule has 3 rings (SSSR count). The number of benzene rings is 1. The van der Waals surface area contributed by atoms with E-state index in [1.165, 1.54) is 6.33 Å². The molecule has 0 saturated heterocycles. The van der Waals surface area contributed by atoms with Crippen LogP contribution in [0.3, 0.4) is 0 Å². The summed E-state index contributed by atoms with van der Waals surface area (Å²) < 4.78 is 12.0. The van der Waals surface area contributed by atoms with Crippen molar-refractivity contribution < 1.29 is 19.1 Å². The lowest BCUT2D eigenvalue weighted by Gasteiger charge is -2.36. The lowest BCUT2D eigenvalue weighted by atomic mass is 10.0. The number of ether oxygens (including phenoxy) is 2. The topological polar surface area (TPSA) is 109 Å². The number of carbonyl (C=O) groups excluding carboxylic acids is 2. The summed E-state index contributed by atoms with van der Waals surface area (Å²) in [6.07, 6.45) is 5.84. The van der Waals surface area contributed by atoms with E-state index < -0.39 is 0 Å². The predicted octanol–water partition coefficient (Wildman–Crippen LogP) is 3.01. The molecule has 1 aliphatic heterocycles. The molecule has 10 heteroatoms. The lowest BCUT2D eigenvalue weighted by molar-refractivity contribution is 0.00918. The standard InChI is InChI=1S/C26H38N6O4/c1-6-9-29-26(34)30-21-7-8-23-22(10-21)25(33)31(4)15-24(35-5)18(2)13-32(19(3)16-36-23)14-20-11-27-17-28-12-20/h7-8,10-12,17-19,24H,6,9,13-16H2,1-5H3,(H2,29,30,34)/t18-,19+,24+/m1/s1. The number of methoxy groups -OCH3 is 1. The van der Waals surface area contributed by atoms with E-state index in [9.17, 15) is 9.59 Å². The smallest absolute Gasteiger partial charge is 0.319 e. The Bertz CT molecular complexity index is 1010. The first-order chi connectivity index (χ1) is 17.3. The highest BCUT2D eigenvalue weighted by Gasteiger charge is 2.28. The third kappa shape index (κ3) is 7.38. The summed E-state index contributed by atoms with van der Waals surface area (Å²) in [6.45, 7) is 9.01. The minimum Gasteiger partial charge on any atom is -0.491 e. The number of fused-ring (bicyclic) bond motifs is 1. The molecule has 0 saturated carbocycles. The molecule has 10 nitrogen and oxygen atoms in total. The van der Waals surface area contributed by atoms with E-state index >= 15 is 0 Å². The summed E-state index contributed by atoms with van der Waals surface area (Å²) in [5, 5.41) is 5.58. The van der Waals surface area contributed by atoms with Crippen molar-refractivity contribution in [2.75, 3.05) is 45.7 Å². The van der Waals surface area contributed by atoms with Crippen LogP contribution in [0.4, 0.5) is 10.5 Å². The van der Waals surface area contributed by atoms with Crippen LogP contribution in [0.1, 0.15) is 43.1 Å². The quantitative estimate of drug-likeness (QED) is 0.630. The third-order valence-corrected chi connectivity index (χ3v) is 6.37. The van der Waals surface area contributed by atoms with Crippen LogP contribution in [-0.2, 0) is 11.3 Å². The van der Waals surface area contributed by atoms with Crippen molar-refractivity contribution in [1.29, 1.82) is 0 Å². The number of hydrogen-bond acceptors (Lipinski definition) is 7. The van der Waals surface area contributed by atoms with Crippen LogP contribution in [-0.4, -0.2) is 84.3 Å². The largest absolute Gasteiger partial charge is 0.491 e. The van der Waals surface area contributed by atoms with E-state index in [0.717, 1.165) is 18.5 Å². The van der Waals surface area contributed by atoms with Gasteiger partial charge in [0.2, 0.25) is 0 Å². The molecule has 0 aliphatic carbocycles. The SMILES string of the molecule is CCCNC(=O)Nc1ccc2c(c1)C(=O)N(C)C[C@H](OC)[C@H](C)CN(Cc1cncnc1)[C@@H](C)CO2. The second kappa shape index (κ2) is 13.2. The maximum absolute atomic E-state index is 13.5. The average molecular weight is 499 g/mol. The van der Waals surface area contributed by atoms with Gasteiger partial charge in [0, 0.05) is 70.0 Å². The third-order valence-electron chi connectivity index (χ3n) is 6.37. The second-order valence-corrected chi connectivity index (χ2v) is 9.37. The normalized spacial score (nSPS) is 21.5. The van der Waals surface area contributed by atoms with Crippen LogP contribution in [0.2, 0.25) is 0 Å². The van der Waals surface area contributed by atoms with Crippen molar-refractivity contribution in [3.63, 3.8) is 0 Å². The molecular formula is C26H38N6O4. The van der Waals surface area contributed by atoms with Crippen LogP contribution in [0, 0.1) is 5.92 Å². The summed E-state index contributed by atoms with van der Waals surface area (Å²) in [6, 6.07) is 4.88. The highest BCUT2D eigenvalue weighted by atomic mass is 16.5. The fourth-order valence-electron chi connectivity index (χ4n) is 4.21. The number of hydrogen-bond donors (Lipinski definition) is 2. The zero-order valence-corrected chi connectivity index (χ0v) is 21.9. The number of amides is 3. The molecule has 1 aromatic carbocycles. The maximum Gasteiger partial charge on any atom is 0.319 e. The van der Waals surface area contributed by atoms with Crippen LogP contribution in [0.25, 0.3) is 0 Å². The van der Waals surface area contributed by atoms with Crippen LogP contribution in [0.5, 0.6) is 5.75 Å². The number of rotatable bonds is 6. The van der Waals surface area contributed by atoms with Crippen LogP contribution in [0.15, 0.2) is 36.9 Å². The van der Waals surface area contributed by atoms with Crippen molar-refractivity contribution in [3.8, 4) is 5.75 Å². The Hall–Kier alpha value is -3.24. The van der Waals surface area contributed by atoms with Gasteiger partial charge in [-0.1, -0.05) is 13.8 Å². The lowest BCUT2D eigenvalue weighted by Crippen LogP contribution is -2.46. The second-order valence-electron chi connectivity index (χ2n) is 9.37. The van der Waals surface area contributed by atoms with E-state index in [-0.39, 0.29) is 30.0 Å². The van der Waals surface area contributed by atoms with E-state index in [0.29, 0.717) is 43.2 Å². The molecule has 3 amide bonds.